The first-order valence-electron chi connectivity index (χ1n) is 9.54. The molecule has 1 atom stereocenters. The predicted octanol–water partition coefficient (Wildman–Crippen LogP) is 1.93. The van der Waals surface area contributed by atoms with Crippen molar-refractivity contribution in [3.63, 3.8) is 0 Å². The number of nitrogens with one attached hydrogen (secondary N) is 1. The topological polar surface area (TPSA) is 75.7 Å². The van der Waals surface area contributed by atoms with Crippen molar-refractivity contribution in [2.24, 2.45) is 0 Å². The standard InChI is InChI=1S/C21H24F2N2O4S/c1-30(27,28)18-4-2-3-15(9-18)11-21(26)24-12-17-14-25(7-8-29-17)13-16-5-6-19(22)20(23)10-16/h2-6,9-10,17H,7-8,11-14H2,1H3,(H,24,26). The minimum absolute atomic E-state index is 0.0641. The zero-order valence-electron chi connectivity index (χ0n) is 16.6. The van der Waals surface area contributed by atoms with Crippen LogP contribution in [0, 0.1) is 11.6 Å². The molecule has 0 bridgehead atoms. The van der Waals surface area contributed by atoms with Gasteiger partial charge in [-0.3, -0.25) is 9.69 Å². The van der Waals surface area contributed by atoms with Gasteiger partial charge in [0.1, 0.15) is 0 Å². The minimum atomic E-state index is -3.33. The van der Waals surface area contributed by atoms with E-state index >= 15 is 0 Å². The van der Waals surface area contributed by atoms with Crippen LogP contribution in [0.3, 0.4) is 0 Å². The highest BCUT2D eigenvalue weighted by molar-refractivity contribution is 7.90. The van der Waals surface area contributed by atoms with Gasteiger partial charge in [0.2, 0.25) is 5.91 Å². The van der Waals surface area contributed by atoms with E-state index in [0.29, 0.717) is 43.9 Å². The van der Waals surface area contributed by atoms with Crippen LogP contribution in [-0.2, 0) is 32.3 Å². The monoisotopic (exact) mass is 438 g/mol. The van der Waals surface area contributed by atoms with Crippen LogP contribution in [0.15, 0.2) is 47.4 Å². The summed E-state index contributed by atoms with van der Waals surface area (Å²) in [5, 5.41) is 2.81. The van der Waals surface area contributed by atoms with Gasteiger partial charge in [0.25, 0.3) is 0 Å². The Morgan fingerprint density at radius 1 is 1.17 bits per heavy atom. The summed E-state index contributed by atoms with van der Waals surface area (Å²) in [6.45, 7) is 2.44. The largest absolute Gasteiger partial charge is 0.374 e. The number of hydrogen-bond acceptors (Lipinski definition) is 5. The van der Waals surface area contributed by atoms with Crippen LogP contribution in [0.5, 0.6) is 0 Å². The van der Waals surface area contributed by atoms with E-state index in [9.17, 15) is 22.0 Å². The predicted molar refractivity (Wildman–Crippen MR) is 108 cm³/mol. The van der Waals surface area contributed by atoms with E-state index < -0.39 is 21.5 Å². The second-order valence-electron chi connectivity index (χ2n) is 7.38. The van der Waals surface area contributed by atoms with E-state index in [2.05, 4.69) is 10.2 Å². The molecule has 2 aromatic rings. The Labute approximate surface area is 174 Å². The molecule has 1 unspecified atom stereocenters. The Bertz CT molecular complexity index is 1010. The van der Waals surface area contributed by atoms with Crippen molar-refractivity contribution in [2.75, 3.05) is 32.5 Å². The van der Waals surface area contributed by atoms with E-state index in [1.165, 1.54) is 18.2 Å². The van der Waals surface area contributed by atoms with Crippen molar-refractivity contribution < 1.29 is 26.7 Å². The normalized spacial score (nSPS) is 17.6. The fourth-order valence-electron chi connectivity index (χ4n) is 3.31. The van der Waals surface area contributed by atoms with Crippen molar-refractivity contribution in [1.29, 1.82) is 0 Å². The third-order valence-electron chi connectivity index (χ3n) is 4.83. The molecule has 2 aromatic carbocycles. The average Bonchev–Trinajstić information content (AvgIpc) is 2.69. The Hall–Kier alpha value is -2.36. The molecule has 1 amide bonds. The van der Waals surface area contributed by atoms with Crippen LogP contribution in [0.25, 0.3) is 0 Å². The number of ether oxygens (including phenoxy) is 1. The van der Waals surface area contributed by atoms with Gasteiger partial charge in [-0.2, -0.15) is 0 Å². The van der Waals surface area contributed by atoms with Crippen LogP contribution in [0.2, 0.25) is 0 Å². The number of sulfone groups is 1. The molecule has 6 nitrogen and oxygen atoms in total. The lowest BCUT2D eigenvalue weighted by molar-refractivity contribution is -0.121. The van der Waals surface area contributed by atoms with Gasteiger partial charge < -0.3 is 10.1 Å². The molecule has 9 heteroatoms. The highest BCUT2D eigenvalue weighted by Gasteiger charge is 2.21. The Morgan fingerprint density at radius 2 is 1.97 bits per heavy atom. The van der Waals surface area contributed by atoms with Crippen LogP contribution in [-0.4, -0.2) is 57.8 Å². The van der Waals surface area contributed by atoms with E-state index in [4.69, 9.17) is 4.74 Å². The molecule has 0 aromatic heterocycles. The highest BCUT2D eigenvalue weighted by atomic mass is 32.2. The summed E-state index contributed by atoms with van der Waals surface area (Å²) in [5.41, 5.74) is 1.28. The molecular formula is C21H24F2N2O4S. The third kappa shape index (κ3) is 6.32. The number of carbonyl (C=O) groups is 1. The second kappa shape index (κ2) is 9.63. The summed E-state index contributed by atoms with van der Waals surface area (Å²) < 4.78 is 55.4. The van der Waals surface area contributed by atoms with Gasteiger partial charge >= 0.3 is 0 Å². The summed E-state index contributed by atoms with van der Waals surface area (Å²) in [5.74, 6) is -1.98. The molecular weight excluding hydrogens is 414 g/mol. The summed E-state index contributed by atoms with van der Waals surface area (Å²) in [7, 11) is -3.33. The first-order chi connectivity index (χ1) is 14.2. The summed E-state index contributed by atoms with van der Waals surface area (Å²) in [6.07, 6.45) is 0.961. The maximum Gasteiger partial charge on any atom is 0.224 e. The molecule has 30 heavy (non-hydrogen) atoms. The zero-order chi connectivity index (χ0) is 21.7. The van der Waals surface area contributed by atoms with Gasteiger partial charge in [-0.15, -0.1) is 0 Å². The lowest BCUT2D eigenvalue weighted by Crippen LogP contribution is -2.47. The third-order valence-corrected chi connectivity index (χ3v) is 5.94. The van der Waals surface area contributed by atoms with E-state index in [-0.39, 0.29) is 23.3 Å². The number of morpholine rings is 1. The van der Waals surface area contributed by atoms with E-state index in [1.54, 1.807) is 18.2 Å². The maximum atomic E-state index is 13.4. The summed E-state index contributed by atoms with van der Waals surface area (Å²) >= 11 is 0. The molecule has 0 aliphatic carbocycles. The van der Waals surface area contributed by atoms with Gasteiger partial charge in [-0.25, -0.2) is 17.2 Å². The molecule has 1 aliphatic rings. The molecule has 1 N–H and O–H groups in total. The van der Waals surface area contributed by atoms with Gasteiger partial charge in [0, 0.05) is 32.4 Å². The van der Waals surface area contributed by atoms with Crippen LogP contribution in [0.1, 0.15) is 11.1 Å². The first kappa shape index (κ1) is 22.3. The molecule has 162 valence electrons. The number of carbonyl (C=O) groups excluding carboxylic acids is 1. The van der Waals surface area contributed by atoms with Gasteiger partial charge in [-0.05, 0) is 35.4 Å². The fourth-order valence-corrected chi connectivity index (χ4v) is 4.00. The molecule has 1 saturated heterocycles. The van der Waals surface area contributed by atoms with Crippen molar-refractivity contribution in [2.45, 2.75) is 24.0 Å². The Morgan fingerprint density at radius 3 is 2.70 bits per heavy atom. The van der Waals surface area contributed by atoms with E-state index in [1.807, 2.05) is 0 Å². The zero-order valence-corrected chi connectivity index (χ0v) is 17.4. The van der Waals surface area contributed by atoms with Crippen molar-refractivity contribution in [3.8, 4) is 0 Å². The number of halogens is 2. The highest BCUT2D eigenvalue weighted by Crippen LogP contribution is 2.14. The Balaban J connectivity index is 1.49. The first-order valence-corrected chi connectivity index (χ1v) is 11.4. The number of rotatable bonds is 7. The van der Waals surface area contributed by atoms with Crippen LogP contribution in [0.4, 0.5) is 8.78 Å². The average molecular weight is 438 g/mol. The number of nitrogens with zero attached hydrogens (tertiary/aromatic N) is 1. The minimum Gasteiger partial charge on any atom is -0.374 e. The summed E-state index contributed by atoms with van der Waals surface area (Å²) in [4.78, 5) is 14.5. The van der Waals surface area contributed by atoms with Crippen molar-refractivity contribution >= 4 is 15.7 Å². The van der Waals surface area contributed by atoms with Gasteiger partial charge in [-0.1, -0.05) is 18.2 Å². The van der Waals surface area contributed by atoms with Gasteiger partial charge in [0.15, 0.2) is 21.5 Å². The molecule has 0 radical (unpaired) electrons. The number of hydrogen-bond donors (Lipinski definition) is 1. The molecule has 1 fully saturated rings. The maximum absolute atomic E-state index is 13.4. The Kier molecular flexibility index (Phi) is 7.17. The number of amides is 1. The fraction of sp³-hybridized carbons (Fsp3) is 0.381. The second-order valence-corrected chi connectivity index (χ2v) is 9.39. The van der Waals surface area contributed by atoms with Gasteiger partial charge in [0.05, 0.1) is 24.0 Å². The molecule has 1 heterocycles. The molecule has 3 rings (SSSR count). The SMILES string of the molecule is CS(=O)(=O)c1cccc(CC(=O)NCC2CN(Cc3ccc(F)c(F)c3)CCO2)c1. The lowest BCUT2D eigenvalue weighted by atomic mass is 10.1. The van der Waals surface area contributed by atoms with Crippen LogP contribution >= 0.6 is 0 Å². The van der Waals surface area contributed by atoms with Crippen LogP contribution < -0.4 is 5.32 Å². The lowest BCUT2D eigenvalue weighted by Gasteiger charge is -2.33. The smallest absolute Gasteiger partial charge is 0.224 e. The quantitative estimate of drug-likeness (QED) is 0.715. The molecule has 1 aliphatic heterocycles. The molecule has 0 saturated carbocycles. The molecule has 0 spiro atoms. The van der Waals surface area contributed by atoms with E-state index in [0.717, 1.165) is 12.3 Å². The van der Waals surface area contributed by atoms with Crippen molar-refractivity contribution in [1.82, 2.24) is 10.2 Å². The van der Waals surface area contributed by atoms with Crippen molar-refractivity contribution in [3.05, 3.63) is 65.2 Å². The summed E-state index contributed by atoms with van der Waals surface area (Å²) in [6, 6.07) is 10.2. The number of benzene rings is 2.